The summed E-state index contributed by atoms with van der Waals surface area (Å²) in [5.41, 5.74) is 8.56. The largest absolute Gasteiger partial charge is 0.384 e. The molecule has 106 valence electrons. The first-order valence-corrected chi connectivity index (χ1v) is 6.66. The van der Waals surface area contributed by atoms with Crippen LogP contribution in [0.25, 0.3) is 0 Å². The summed E-state index contributed by atoms with van der Waals surface area (Å²) in [6.45, 7) is 1.96. The van der Waals surface area contributed by atoms with Crippen LogP contribution in [-0.4, -0.2) is 10.9 Å². The van der Waals surface area contributed by atoms with E-state index in [9.17, 15) is 4.79 Å². The number of benzene rings is 1. The van der Waals surface area contributed by atoms with Crippen LogP contribution < -0.4 is 11.1 Å². The monoisotopic (exact) mass is 280 g/mol. The van der Waals surface area contributed by atoms with Crippen LogP contribution >= 0.6 is 0 Å². The first kappa shape index (κ1) is 14.5. The van der Waals surface area contributed by atoms with Crippen LogP contribution in [0.4, 0.5) is 11.5 Å². The molecule has 1 aromatic heterocycles. The summed E-state index contributed by atoms with van der Waals surface area (Å²) >= 11 is 0. The first-order chi connectivity index (χ1) is 10.1. The second kappa shape index (κ2) is 6.53. The lowest BCUT2D eigenvalue weighted by atomic mass is 10.1. The maximum Gasteiger partial charge on any atom is 0.255 e. The number of nitrogen functional groups attached to an aromatic ring is 1. The quantitative estimate of drug-likeness (QED) is 0.900. The summed E-state index contributed by atoms with van der Waals surface area (Å²) in [6, 6.07) is 12.5. The summed E-state index contributed by atoms with van der Waals surface area (Å²) in [7, 11) is 0. The van der Waals surface area contributed by atoms with Gasteiger partial charge in [0.15, 0.2) is 0 Å². The van der Waals surface area contributed by atoms with Gasteiger partial charge in [-0.05, 0) is 36.2 Å². The van der Waals surface area contributed by atoms with E-state index in [2.05, 4.69) is 16.4 Å². The third kappa shape index (κ3) is 3.80. The van der Waals surface area contributed by atoms with Gasteiger partial charge in [0.05, 0.1) is 12.5 Å². The summed E-state index contributed by atoms with van der Waals surface area (Å²) in [6.07, 6.45) is 1.07. The third-order valence-electron chi connectivity index (χ3n) is 3.02. The van der Waals surface area contributed by atoms with E-state index in [-0.39, 0.29) is 5.91 Å². The predicted octanol–water partition coefficient (Wildman–Crippen LogP) is 2.54. The Bertz CT molecular complexity index is 686. The number of hydrogen-bond donors (Lipinski definition) is 2. The minimum Gasteiger partial charge on any atom is -0.384 e. The number of aryl methyl sites for hydroxylation is 1. The number of hydrogen-bond acceptors (Lipinski definition) is 4. The Kier molecular flexibility index (Phi) is 4.52. The van der Waals surface area contributed by atoms with Gasteiger partial charge in [0.2, 0.25) is 0 Å². The molecule has 0 saturated carbocycles. The molecule has 0 aliphatic rings. The fourth-order valence-electron chi connectivity index (χ4n) is 1.92. The normalized spacial score (nSPS) is 9.90. The molecule has 0 fully saturated rings. The second-order valence-electron chi connectivity index (χ2n) is 4.61. The first-order valence-electron chi connectivity index (χ1n) is 6.66. The molecule has 0 aliphatic heterocycles. The molecule has 1 amide bonds. The molecule has 2 aromatic rings. The Labute approximate surface area is 123 Å². The second-order valence-corrected chi connectivity index (χ2v) is 4.61. The fourth-order valence-corrected chi connectivity index (χ4v) is 1.92. The Morgan fingerprint density at radius 2 is 2.05 bits per heavy atom. The highest BCUT2D eigenvalue weighted by atomic mass is 16.1. The van der Waals surface area contributed by atoms with Gasteiger partial charge in [-0.3, -0.25) is 4.79 Å². The number of anilines is 2. The van der Waals surface area contributed by atoms with E-state index in [1.54, 1.807) is 24.3 Å². The highest BCUT2D eigenvalue weighted by molar-refractivity contribution is 6.04. The molecule has 5 nitrogen and oxygen atoms in total. The number of nitrogens with zero attached hydrogens (tertiary/aromatic N) is 2. The molecule has 21 heavy (non-hydrogen) atoms. The molecule has 5 heteroatoms. The van der Waals surface area contributed by atoms with Crippen LogP contribution in [-0.2, 0) is 12.8 Å². The Hall–Kier alpha value is -2.87. The Balaban J connectivity index is 2.14. The van der Waals surface area contributed by atoms with E-state index < -0.39 is 0 Å². The van der Waals surface area contributed by atoms with Gasteiger partial charge >= 0.3 is 0 Å². The van der Waals surface area contributed by atoms with Gasteiger partial charge in [0.1, 0.15) is 5.82 Å². The predicted molar refractivity (Wildman–Crippen MR) is 81.7 cm³/mol. The number of rotatable bonds is 4. The minimum atomic E-state index is -0.230. The minimum absolute atomic E-state index is 0.230. The van der Waals surface area contributed by atoms with Crippen molar-refractivity contribution >= 4 is 17.4 Å². The van der Waals surface area contributed by atoms with E-state index in [1.165, 1.54) is 0 Å². The van der Waals surface area contributed by atoms with Crippen LogP contribution in [0.1, 0.15) is 28.5 Å². The zero-order valence-electron chi connectivity index (χ0n) is 11.8. The van der Waals surface area contributed by atoms with Crippen molar-refractivity contribution in [2.75, 3.05) is 11.1 Å². The number of carbonyl (C=O) groups excluding carboxylic acids is 1. The number of pyridine rings is 1. The average Bonchev–Trinajstić information content (AvgIpc) is 2.48. The molecule has 0 radical (unpaired) electrons. The van der Waals surface area contributed by atoms with Crippen molar-refractivity contribution in [1.82, 2.24) is 4.98 Å². The molecule has 0 bridgehead atoms. The topological polar surface area (TPSA) is 91.8 Å². The van der Waals surface area contributed by atoms with Gasteiger partial charge in [-0.2, -0.15) is 5.26 Å². The average molecular weight is 280 g/mol. The summed E-state index contributed by atoms with van der Waals surface area (Å²) in [4.78, 5) is 16.3. The highest BCUT2D eigenvalue weighted by Gasteiger charge is 2.09. The van der Waals surface area contributed by atoms with Gasteiger partial charge in [-0.1, -0.05) is 19.1 Å². The number of aromatic nitrogens is 1. The number of nitrogens with one attached hydrogen (secondary N) is 1. The van der Waals surface area contributed by atoms with Gasteiger partial charge in [0.25, 0.3) is 5.91 Å². The number of carbonyl (C=O) groups is 1. The van der Waals surface area contributed by atoms with Gasteiger partial charge in [-0.25, -0.2) is 4.98 Å². The van der Waals surface area contributed by atoms with E-state index in [1.807, 2.05) is 19.1 Å². The number of nitrogens with two attached hydrogens (primary N) is 1. The summed E-state index contributed by atoms with van der Waals surface area (Å²) in [5.74, 6) is 0.107. The van der Waals surface area contributed by atoms with Gasteiger partial charge in [0, 0.05) is 16.9 Å². The standard InChI is InChI=1S/C16H16N4O/c1-2-13-9-12(10-15(18)19-13)16(21)20-14-5-3-11(4-6-14)7-8-17/h3-6,9-10H,2,7H2,1H3,(H2,18,19)(H,20,21). The lowest BCUT2D eigenvalue weighted by Crippen LogP contribution is -2.13. The molecule has 2 rings (SSSR count). The van der Waals surface area contributed by atoms with Crippen LogP contribution in [0, 0.1) is 11.3 Å². The Morgan fingerprint density at radius 1 is 1.33 bits per heavy atom. The van der Waals surface area contributed by atoms with Crippen LogP contribution in [0.5, 0.6) is 0 Å². The third-order valence-corrected chi connectivity index (χ3v) is 3.02. The van der Waals surface area contributed by atoms with Crippen molar-refractivity contribution in [2.24, 2.45) is 0 Å². The SMILES string of the molecule is CCc1cc(C(=O)Nc2ccc(CC#N)cc2)cc(N)n1. The zero-order valence-corrected chi connectivity index (χ0v) is 11.8. The van der Waals surface area contributed by atoms with Crippen LogP contribution in [0.3, 0.4) is 0 Å². The molecule has 0 atom stereocenters. The van der Waals surface area contributed by atoms with E-state index in [4.69, 9.17) is 11.0 Å². The van der Waals surface area contributed by atoms with Crippen molar-refractivity contribution in [3.8, 4) is 6.07 Å². The molecule has 3 N–H and O–H groups in total. The van der Waals surface area contributed by atoms with Crippen molar-refractivity contribution in [2.45, 2.75) is 19.8 Å². The van der Waals surface area contributed by atoms with Crippen LogP contribution in [0.15, 0.2) is 36.4 Å². The maximum absolute atomic E-state index is 12.2. The maximum atomic E-state index is 12.2. The smallest absolute Gasteiger partial charge is 0.255 e. The highest BCUT2D eigenvalue weighted by Crippen LogP contribution is 2.14. The van der Waals surface area contributed by atoms with Crippen molar-refractivity contribution in [3.05, 3.63) is 53.2 Å². The molecule has 1 aromatic carbocycles. The molecular formula is C16H16N4O. The van der Waals surface area contributed by atoms with Crippen LogP contribution in [0.2, 0.25) is 0 Å². The molecule has 0 unspecified atom stereocenters. The molecule has 0 aliphatic carbocycles. The zero-order chi connectivity index (χ0) is 15.2. The van der Waals surface area contributed by atoms with E-state index >= 15 is 0 Å². The lowest BCUT2D eigenvalue weighted by molar-refractivity contribution is 0.102. The van der Waals surface area contributed by atoms with Crippen molar-refractivity contribution < 1.29 is 4.79 Å². The molecule has 1 heterocycles. The molecule has 0 spiro atoms. The van der Waals surface area contributed by atoms with Crippen molar-refractivity contribution in [1.29, 1.82) is 5.26 Å². The van der Waals surface area contributed by atoms with E-state index in [0.717, 1.165) is 11.3 Å². The fraction of sp³-hybridized carbons (Fsp3) is 0.188. The molecule has 0 saturated heterocycles. The lowest BCUT2D eigenvalue weighted by Gasteiger charge is -2.08. The molecular weight excluding hydrogens is 264 g/mol. The van der Waals surface area contributed by atoms with Crippen molar-refractivity contribution in [3.63, 3.8) is 0 Å². The number of amides is 1. The summed E-state index contributed by atoms with van der Waals surface area (Å²) in [5, 5.41) is 11.4. The Morgan fingerprint density at radius 3 is 2.67 bits per heavy atom. The van der Waals surface area contributed by atoms with Gasteiger partial charge in [-0.15, -0.1) is 0 Å². The number of nitriles is 1. The van der Waals surface area contributed by atoms with Gasteiger partial charge < -0.3 is 11.1 Å². The van der Waals surface area contributed by atoms with E-state index in [0.29, 0.717) is 29.9 Å². The summed E-state index contributed by atoms with van der Waals surface area (Å²) < 4.78 is 0.